The lowest BCUT2D eigenvalue weighted by atomic mass is 10.3. The van der Waals surface area contributed by atoms with Crippen LogP contribution in [-0.2, 0) is 0 Å². The zero-order chi connectivity index (χ0) is 13.9. The quantitative estimate of drug-likeness (QED) is 0.467. The molecule has 5 nitrogen and oxygen atoms in total. The van der Waals surface area contributed by atoms with E-state index in [1.54, 1.807) is 0 Å². The number of nitrogens with one attached hydrogen (secondary N) is 1. The molecule has 0 aromatic carbocycles. The van der Waals surface area contributed by atoms with Gasteiger partial charge >= 0.3 is 0 Å². The summed E-state index contributed by atoms with van der Waals surface area (Å²) in [5.74, 6) is 2.92. The minimum absolute atomic E-state index is 0. The van der Waals surface area contributed by atoms with E-state index < -0.39 is 0 Å². The first-order valence-corrected chi connectivity index (χ1v) is 7.42. The number of hydrogen-bond donors (Lipinski definition) is 1. The van der Waals surface area contributed by atoms with Crippen LogP contribution in [0.1, 0.15) is 13.3 Å². The van der Waals surface area contributed by atoms with E-state index in [2.05, 4.69) is 38.1 Å². The molecule has 0 radical (unpaired) electrons. The Labute approximate surface area is 143 Å². The van der Waals surface area contributed by atoms with Crippen LogP contribution in [0.3, 0.4) is 0 Å². The van der Waals surface area contributed by atoms with E-state index in [9.17, 15) is 0 Å². The summed E-state index contributed by atoms with van der Waals surface area (Å²) in [6.07, 6.45) is 3.13. The second kappa shape index (κ2) is 7.29. The highest BCUT2D eigenvalue weighted by Gasteiger charge is 2.34. The van der Waals surface area contributed by atoms with Crippen molar-refractivity contribution in [3.63, 3.8) is 0 Å². The van der Waals surface area contributed by atoms with Crippen LogP contribution < -0.4 is 10.2 Å². The maximum Gasteiger partial charge on any atom is 0.193 e. The second-order valence-corrected chi connectivity index (χ2v) is 5.67. The first kappa shape index (κ1) is 16.3. The van der Waals surface area contributed by atoms with Crippen molar-refractivity contribution < 1.29 is 0 Å². The van der Waals surface area contributed by atoms with Crippen molar-refractivity contribution in [1.29, 1.82) is 0 Å². The zero-order valence-corrected chi connectivity index (χ0v) is 15.0. The van der Waals surface area contributed by atoms with Crippen LogP contribution in [-0.4, -0.2) is 55.1 Å². The molecule has 1 aliphatic carbocycles. The predicted molar refractivity (Wildman–Crippen MR) is 97.5 cm³/mol. The molecule has 3 rings (SSSR count). The van der Waals surface area contributed by atoms with E-state index in [0.717, 1.165) is 43.9 Å². The monoisotopic (exact) mass is 401 g/mol. The summed E-state index contributed by atoms with van der Waals surface area (Å²) in [4.78, 5) is 13.5. The molecule has 2 atom stereocenters. The number of pyridine rings is 1. The van der Waals surface area contributed by atoms with Gasteiger partial charge in [-0.3, -0.25) is 4.99 Å². The standard InChI is InChI=1S/C15H23N5.HI/c1-12-11-13(12)18-15(16-2)20-9-7-19(8-10-20)14-5-3-4-6-17-14;/h3-6,12-13H,7-11H2,1-2H3,(H,16,18);1H. The molecule has 1 aromatic rings. The molecule has 1 aliphatic heterocycles. The smallest absolute Gasteiger partial charge is 0.193 e. The fraction of sp³-hybridized carbons (Fsp3) is 0.600. The van der Waals surface area contributed by atoms with Crippen molar-refractivity contribution in [3.8, 4) is 0 Å². The van der Waals surface area contributed by atoms with E-state index in [-0.39, 0.29) is 24.0 Å². The molecule has 116 valence electrons. The summed E-state index contributed by atoms with van der Waals surface area (Å²) >= 11 is 0. The lowest BCUT2D eigenvalue weighted by molar-refractivity contribution is 0.370. The van der Waals surface area contributed by atoms with Gasteiger partial charge in [0.05, 0.1) is 0 Å². The van der Waals surface area contributed by atoms with Crippen LogP contribution in [0.5, 0.6) is 0 Å². The second-order valence-electron chi connectivity index (χ2n) is 5.67. The van der Waals surface area contributed by atoms with Gasteiger partial charge in [0.2, 0.25) is 0 Å². The van der Waals surface area contributed by atoms with Crippen molar-refractivity contribution in [2.75, 3.05) is 38.1 Å². The predicted octanol–water partition coefficient (Wildman–Crippen LogP) is 1.81. The Morgan fingerprint density at radius 3 is 2.52 bits per heavy atom. The molecule has 1 aromatic heterocycles. The zero-order valence-electron chi connectivity index (χ0n) is 12.7. The van der Waals surface area contributed by atoms with Crippen molar-refractivity contribution >= 4 is 35.8 Å². The molecule has 21 heavy (non-hydrogen) atoms. The normalized spacial score (nSPS) is 25.3. The Kier molecular flexibility index (Phi) is 5.66. The summed E-state index contributed by atoms with van der Waals surface area (Å²) in [5.41, 5.74) is 0. The fourth-order valence-electron chi connectivity index (χ4n) is 2.67. The molecule has 2 heterocycles. The van der Waals surface area contributed by atoms with Gasteiger partial charge in [-0.2, -0.15) is 0 Å². The lowest BCUT2D eigenvalue weighted by Gasteiger charge is -2.37. The molecule has 0 amide bonds. The van der Waals surface area contributed by atoms with Crippen LogP contribution >= 0.6 is 24.0 Å². The topological polar surface area (TPSA) is 43.8 Å². The van der Waals surface area contributed by atoms with Crippen molar-refractivity contribution in [1.82, 2.24) is 15.2 Å². The Morgan fingerprint density at radius 2 is 2.00 bits per heavy atom. The summed E-state index contributed by atoms with van der Waals surface area (Å²) in [7, 11) is 1.88. The van der Waals surface area contributed by atoms with Crippen molar-refractivity contribution in [2.24, 2.45) is 10.9 Å². The summed E-state index contributed by atoms with van der Waals surface area (Å²) in [6.45, 7) is 6.27. The van der Waals surface area contributed by atoms with Gasteiger partial charge in [-0.1, -0.05) is 13.0 Å². The van der Waals surface area contributed by atoms with Crippen LogP contribution in [0.25, 0.3) is 0 Å². The third kappa shape index (κ3) is 3.99. The summed E-state index contributed by atoms with van der Waals surface area (Å²) in [5, 5.41) is 3.56. The van der Waals surface area contributed by atoms with E-state index in [1.165, 1.54) is 6.42 Å². The lowest BCUT2D eigenvalue weighted by Crippen LogP contribution is -2.53. The third-order valence-electron chi connectivity index (χ3n) is 4.19. The molecule has 0 bridgehead atoms. The maximum absolute atomic E-state index is 4.42. The molecule has 2 aliphatic rings. The van der Waals surface area contributed by atoms with Gasteiger partial charge in [-0.25, -0.2) is 4.98 Å². The van der Waals surface area contributed by atoms with E-state index >= 15 is 0 Å². The number of guanidine groups is 1. The number of aliphatic imine (C=N–C) groups is 1. The van der Waals surface area contributed by atoms with Gasteiger partial charge < -0.3 is 15.1 Å². The Hall–Kier alpha value is -1.05. The molecule has 2 fully saturated rings. The van der Waals surface area contributed by atoms with Crippen LogP contribution in [0, 0.1) is 5.92 Å². The van der Waals surface area contributed by atoms with Crippen LogP contribution in [0.4, 0.5) is 5.82 Å². The number of halogens is 1. The van der Waals surface area contributed by atoms with Crippen LogP contribution in [0.2, 0.25) is 0 Å². The molecule has 6 heteroatoms. The molecule has 2 unspecified atom stereocenters. The van der Waals surface area contributed by atoms with Crippen molar-refractivity contribution in [2.45, 2.75) is 19.4 Å². The number of aromatic nitrogens is 1. The van der Waals surface area contributed by atoms with Gasteiger partial charge in [0.15, 0.2) is 5.96 Å². The molecule has 1 saturated carbocycles. The van der Waals surface area contributed by atoms with E-state index in [1.807, 2.05) is 25.4 Å². The molecule has 1 saturated heterocycles. The summed E-state index contributed by atoms with van der Waals surface area (Å²) < 4.78 is 0. The average Bonchev–Trinajstić information content (AvgIpc) is 3.21. The molecule has 0 spiro atoms. The first-order chi connectivity index (χ1) is 9.78. The largest absolute Gasteiger partial charge is 0.353 e. The minimum Gasteiger partial charge on any atom is -0.353 e. The van der Waals surface area contributed by atoms with Crippen LogP contribution in [0.15, 0.2) is 29.4 Å². The number of rotatable bonds is 2. The van der Waals surface area contributed by atoms with Gasteiger partial charge in [0, 0.05) is 45.5 Å². The van der Waals surface area contributed by atoms with Crippen molar-refractivity contribution in [3.05, 3.63) is 24.4 Å². The molecule has 1 N–H and O–H groups in total. The molecular weight excluding hydrogens is 377 g/mol. The Morgan fingerprint density at radius 1 is 1.29 bits per heavy atom. The fourth-order valence-corrected chi connectivity index (χ4v) is 2.67. The average molecular weight is 401 g/mol. The maximum atomic E-state index is 4.42. The van der Waals surface area contributed by atoms with Gasteiger partial charge in [0.1, 0.15) is 5.82 Å². The SMILES string of the molecule is CN=C(NC1CC1C)N1CCN(c2ccccn2)CC1.I. The highest BCUT2D eigenvalue weighted by molar-refractivity contribution is 14.0. The highest BCUT2D eigenvalue weighted by Crippen LogP contribution is 2.29. The third-order valence-corrected chi connectivity index (χ3v) is 4.19. The van der Waals surface area contributed by atoms with E-state index in [0.29, 0.717) is 6.04 Å². The number of hydrogen-bond acceptors (Lipinski definition) is 3. The number of anilines is 1. The Bertz CT molecular complexity index is 470. The molecular formula is C15H24IN5. The highest BCUT2D eigenvalue weighted by atomic mass is 127. The van der Waals surface area contributed by atoms with Gasteiger partial charge in [0.25, 0.3) is 0 Å². The first-order valence-electron chi connectivity index (χ1n) is 7.42. The summed E-state index contributed by atoms with van der Waals surface area (Å²) in [6, 6.07) is 6.71. The van der Waals surface area contributed by atoms with Gasteiger partial charge in [-0.05, 0) is 24.5 Å². The minimum atomic E-state index is 0. The van der Waals surface area contributed by atoms with E-state index in [4.69, 9.17) is 0 Å². The Balaban J connectivity index is 0.00000161. The number of nitrogens with zero attached hydrogens (tertiary/aromatic N) is 4. The van der Waals surface area contributed by atoms with Gasteiger partial charge in [-0.15, -0.1) is 24.0 Å². The number of piperazine rings is 1.